The third kappa shape index (κ3) is 5.91. The van der Waals surface area contributed by atoms with Gasteiger partial charge in [-0.25, -0.2) is 0 Å². The highest BCUT2D eigenvalue weighted by molar-refractivity contribution is 7.79. The fraction of sp³-hybridized carbons (Fsp3) is 1.00. The number of hydrogen-bond donors (Lipinski definition) is 1. The van der Waals surface area contributed by atoms with Crippen LogP contribution in [0.25, 0.3) is 0 Å². The molecule has 0 heterocycles. The Morgan fingerprint density at radius 3 is 2.67 bits per heavy atom. The van der Waals surface area contributed by atoms with Crippen molar-refractivity contribution in [2.75, 3.05) is 18.8 Å². The Morgan fingerprint density at radius 1 is 1.78 bits per heavy atom. The Kier molecular flexibility index (Phi) is 4.88. The first-order valence-corrected chi connectivity index (χ1v) is 3.91. The third-order valence-corrected chi connectivity index (χ3v) is 1.40. The fourth-order valence-electron chi connectivity index (χ4n) is 0.338. The molecule has 0 fully saturated rings. The summed E-state index contributed by atoms with van der Waals surface area (Å²) in [5.74, 6) is -0.00958. The quantitative estimate of drug-likeness (QED) is 0.439. The molecule has 0 aliphatic rings. The van der Waals surface area contributed by atoms with Crippen molar-refractivity contribution in [1.82, 2.24) is 5.06 Å². The van der Waals surface area contributed by atoms with Gasteiger partial charge < -0.3 is 9.76 Å². The summed E-state index contributed by atoms with van der Waals surface area (Å²) in [6, 6.07) is 0. The van der Waals surface area contributed by atoms with Crippen LogP contribution in [0.5, 0.6) is 0 Å². The summed E-state index contributed by atoms with van der Waals surface area (Å²) in [5, 5.41) is 9.62. The van der Waals surface area contributed by atoms with Gasteiger partial charge in [0.05, 0.1) is 0 Å². The van der Waals surface area contributed by atoms with Crippen LogP contribution >= 0.6 is 0 Å². The van der Waals surface area contributed by atoms with E-state index >= 15 is 0 Å². The monoisotopic (exact) mass is 152 g/mol. The van der Waals surface area contributed by atoms with E-state index in [9.17, 15) is 8.76 Å². The third-order valence-electron chi connectivity index (χ3n) is 0.881. The first-order chi connectivity index (χ1) is 4.16. The van der Waals surface area contributed by atoms with Gasteiger partial charge >= 0.3 is 0 Å². The Morgan fingerprint density at radius 2 is 2.33 bits per heavy atom. The van der Waals surface area contributed by atoms with Crippen LogP contribution in [-0.2, 0) is 11.1 Å². The highest BCUT2D eigenvalue weighted by atomic mass is 32.2. The highest BCUT2D eigenvalue weighted by Gasteiger charge is 1.93. The lowest BCUT2D eigenvalue weighted by Gasteiger charge is -2.12. The molecule has 0 aromatic heterocycles. The average Bonchev–Trinajstić information content (AvgIpc) is 1.83. The molecule has 4 nitrogen and oxygen atoms in total. The van der Waals surface area contributed by atoms with Crippen LogP contribution in [0.15, 0.2) is 0 Å². The maximum absolute atomic E-state index is 9.88. The molecule has 1 unspecified atom stereocenters. The second-order valence-corrected chi connectivity index (χ2v) is 2.57. The predicted molar refractivity (Wildman–Crippen MR) is 32.8 cm³/mol. The Hall–Kier alpha value is 0.0300. The van der Waals surface area contributed by atoms with Crippen LogP contribution in [0, 0.1) is 0 Å². The van der Waals surface area contributed by atoms with Crippen LogP contribution in [0.1, 0.15) is 6.92 Å². The van der Waals surface area contributed by atoms with Crippen molar-refractivity contribution in [2.45, 2.75) is 6.92 Å². The Balaban J connectivity index is 3.16. The topological polar surface area (TPSA) is 63.6 Å². The van der Waals surface area contributed by atoms with Gasteiger partial charge in [-0.15, -0.1) is 0 Å². The fourth-order valence-corrected chi connectivity index (χ4v) is 0.698. The summed E-state index contributed by atoms with van der Waals surface area (Å²) in [7, 11) is 0. The second kappa shape index (κ2) is 4.87. The second-order valence-electron chi connectivity index (χ2n) is 1.55. The average molecular weight is 152 g/mol. The van der Waals surface area contributed by atoms with Crippen LogP contribution < -0.4 is 0 Å². The van der Waals surface area contributed by atoms with Crippen LogP contribution in [0.2, 0.25) is 0 Å². The molecule has 0 saturated carbocycles. The molecule has 0 bridgehead atoms. The van der Waals surface area contributed by atoms with E-state index in [1.807, 2.05) is 0 Å². The molecular weight excluding hydrogens is 142 g/mol. The summed E-state index contributed by atoms with van der Waals surface area (Å²) < 4.78 is 19.8. The highest BCUT2D eigenvalue weighted by Crippen LogP contribution is 1.80. The zero-order valence-electron chi connectivity index (χ0n) is 5.24. The molecule has 0 amide bonds. The Labute approximate surface area is 56.7 Å². The van der Waals surface area contributed by atoms with E-state index in [0.717, 1.165) is 5.06 Å². The summed E-state index contributed by atoms with van der Waals surface area (Å²) in [6.45, 7) is 2.39. The molecule has 0 aliphatic carbocycles. The summed E-state index contributed by atoms with van der Waals surface area (Å²) in [5.41, 5.74) is 0. The van der Waals surface area contributed by atoms with Gasteiger partial charge in [0.25, 0.3) is 0 Å². The molecule has 1 atom stereocenters. The van der Waals surface area contributed by atoms with Crippen molar-refractivity contribution < 1.29 is 14.0 Å². The molecule has 1 N–H and O–H groups in total. The van der Waals surface area contributed by atoms with E-state index in [0.29, 0.717) is 6.54 Å². The van der Waals surface area contributed by atoms with Gasteiger partial charge in [-0.2, -0.15) is 5.06 Å². The minimum absolute atomic E-state index is 0.00958. The maximum atomic E-state index is 9.88. The number of hydroxylamine groups is 2. The van der Waals surface area contributed by atoms with Crippen LogP contribution in [0.3, 0.4) is 0 Å². The maximum Gasteiger partial charge on any atom is 0.0342 e. The zero-order chi connectivity index (χ0) is 7.28. The summed E-state index contributed by atoms with van der Waals surface area (Å²) >= 11 is -2.04. The number of rotatable bonds is 4. The minimum atomic E-state index is -2.04. The molecule has 0 saturated heterocycles. The van der Waals surface area contributed by atoms with Gasteiger partial charge in [0, 0.05) is 18.8 Å². The SMILES string of the molecule is CCN(O)CCS(=O)[O-]. The molecule has 9 heavy (non-hydrogen) atoms. The van der Waals surface area contributed by atoms with Crippen LogP contribution in [-0.4, -0.2) is 37.9 Å². The van der Waals surface area contributed by atoms with E-state index in [1.54, 1.807) is 6.92 Å². The largest absolute Gasteiger partial charge is 0.772 e. The number of nitrogens with zero attached hydrogens (tertiary/aromatic N) is 1. The van der Waals surface area contributed by atoms with E-state index < -0.39 is 11.1 Å². The number of hydrogen-bond acceptors (Lipinski definition) is 4. The van der Waals surface area contributed by atoms with Crippen molar-refractivity contribution in [1.29, 1.82) is 0 Å². The molecule has 5 heteroatoms. The lowest BCUT2D eigenvalue weighted by atomic mass is 10.6. The predicted octanol–water partition coefficient (Wildman–Crippen LogP) is -0.423. The Bertz CT molecular complexity index is 97.8. The summed E-state index contributed by atoms with van der Waals surface area (Å²) in [6.07, 6.45) is 0. The molecule has 0 rings (SSSR count). The van der Waals surface area contributed by atoms with Gasteiger partial charge in [-0.3, -0.25) is 4.21 Å². The lowest BCUT2D eigenvalue weighted by molar-refractivity contribution is -0.0806. The van der Waals surface area contributed by atoms with Crippen molar-refractivity contribution in [3.63, 3.8) is 0 Å². The van der Waals surface area contributed by atoms with E-state index in [-0.39, 0.29) is 12.3 Å². The standard InChI is InChI=1S/C4H11NO3S/c1-2-5(6)3-4-9(7)8/h6H,2-4H2,1H3,(H,7,8)/p-1. The van der Waals surface area contributed by atoms with Gasteiger partial charge in [-0.1, -0.05) is 18.0 Å². The zero-order valence-corrected chi connectivity index (χ0v) is 6.06. The molecule has 0 aromatic carbocycles. The van der Waals surface area contributed by atoms with Crippen molar-refractivity contribution >= 4 is 11.1 Å². The first kappa shape index (κ1) is 9.03. The van der Waals surface area contributed by atoms with Gasteiger partial charge in [0.15, 0.2) is 0 Å². The molecule has 0 aliphatic heterocycles. The van der Waals surface area contributed by atoms with E-state index in [2.05, 4.69) is 0 Å². The van der Waals surface area contributed by atoms with E-state index in [1.165, 1.54) is 0 Å². The molecular formula is C4H10NO3S-. The summed E-state index contributed by atoms with van der Waals surface area (Å²) in [4.78, 5) is 0. The molecule has 0 radical (unpaired) electrons. The van der Waals surface area contributed by atoms with Crippen molar-refractivity contribution in [3.8, 4) is 0 Å². The van der Waals surface area contributed by atoms with Gasteiger partial charge in [0.1, 0.15) is 0 Å². The molecule has 0 aromatic rings. The van der Waals surface area contributed by atoms with Gasteiger partial charge in [0.2, 0.25) is 0 Å². The minimum Gasteiger partial charge on any atom is -0.772 e. The smallest absolute Gasteiger partial charge is 0.0342 e. The lowest BCUT2D eigenvalue weighted by Crippen LogP contribution is -2.23. The van der Waals surface area contributed by atoms with Crippen molar-refractivity contribution in [3.05, 3.63) is 0 Å². The van der Waals surface area contributed by atoms with Gasteiger partial charge in [-0.05, 0) is 0 Å². The molecule has 56 valence electrons. The normalized spacial score (nSPS) is 14.2. The van der Waals surface area contributed by atoms with E-state index in [4.69, 9.17) is 5.21 Å². The first-order valence-electron chi connectivity index (χ1n) is 2.66. The van der Waals surface area contributed by atoms with Crippen LogP contribution in [0.4, 0.5) is 0 Å². The van der Waals surface area contributed by atoms with Crippen molar-refractivity contribution in [2.24, 2.45) is 0 Å². The molecule has 0 spiro atoms.